The maximum atomic E-state index is 6.12. The number of hydrazine groups is 2. The van der Waals surface area contributed by atoms with Crippen molar-refractivity contribution in [2.45, 2.75) is 13.0 Å². The Morgan fingerprint density at radius 2 is 1.69 bits per heavy atom. The number of rotatable bonds is 7. The zero-order valence-electron chi connectivity index (χ0n) is 16.6. The minimum absolute atomic E-state index is 0.241. The van der Waals surface area contributed by atoms with Crippen molar-refractivity contribution in [1.29, 1.82) is 0 Å². The fourth-order valence-corrected chi connectivity index (χ4v) is 3.91. The van der Waals surface area contributed by atoms with Crippen LogP contribution >= 0.6 is 11.6 Å². The molecule has 0 spiro atoms. The van der Waals surface area contributed by atoms with Crippen molar-refractivity contribution in [2.75, 3.05) is 39.3 Å². The highest BCUT2D eigenvalue weighted by Crippen LogP contribution is 2.30. The van der Waals surface area contributed by atoms with Crippen molar-refractivity contribution >= 4 is 17.4 Å². The summed E-state index contributed by atoms with van der Waals surface area (Å²) in [5.41, 5.74) is 8.32. The minimum atomic E-state index is 0.241. The highest BCUT2D eigenvalue weighted by molar-refractivity contribution is 6.30. The Hall–Kier alpha value is -2.16. The Labute approximate surface area is 176 Å². The third-order valence-corrected chi connectivity index (χ3v) is 5.52. The monoisotopic (exact) mass is 414 g/mol. The fraction of sp³-hybridized carbons (Fsp3) is 0.381. The van der Waals surface area contributed by atoms with Gasteiger partial charge < -0.3 is 0 Å². The van der Waals surface area contributed by atoms with Gasteiger partial charge in [-0.1, -0.05) is 54.1 Å². The first kappa shape index (κ1) is 20.1. The normalized spacial score (nSPS) is 19.4. The first-order chi connectivity index (χ1) is 14.2. The molecule has 1 fully saturated rings. The first-order valence-electron chi connectivity index (χ1n) is 9.95. The van der Waals surface area contributed by atoms with E-state index in [2.05, 4.69) is 68.3 Å². The van der Waals surface area contributed by atoms with Gasteiger partial charge in [0.05, 0.1) is 12.6 Å². The van der Waals surface area contributed by atoms with Crippen molar-refractivity contribution in [3.63, 3.8) is 0 Å². The predicted octanol–water partition coefficient (Wildman–Crippen LogP) is 2.64. The molecule has 2 aliphatic rings. The highest BCUT2D eigenvalue weighted by Gasteiger charge is 2.26. The quantitative estimate of drug-likeness (QED) is 0.726. The number of nitrogens with zero attached hydrogens (tertiary/aromatic N) is 4. The number of piperazine rings is 1. The summed E-state index contributed by atoms with van der Waals surface area (Å²) in [6, 6.07) is 19.2. The standard InChI is InChI=1S/C21H27ClN6O/c1-17-23-25-28(24-17)29-16-15-26-11-13-27(14-12-26)21(18-5-3-2-4-6-18)19-7-9-20(22)10-8-19/h2-10,21,25H,11-16H2,1H3,(H,23,24). The van der Waals surface area contributed by atoms with E-state index in [0.29, 0.717) is 6.61 Å². The molecule has 2 aromatic carbocycles. The lowest BCUT2D eigenvalue weighted by Gasteiger charge is -2.39. The summed E-state index contributed by atoms with van der Waals surface area (Å²) in [7, 11) is 0. The number of hydrogen-bond donors (Lipinski definition) is 2. The lowest BCUT2D eigenvalue weighted by Crippen LogP contribution is -2.49. The minimum Gasteiger partial charge on any atom is -0.298 e. The van der Waals surface area contributed by atoms with E-state index in [4.69, 9.17) is 16.4 Å². The van der Waals surface area contributed by atoms with Crippen LogP contribution in [0.15, 0.2) is 59.7 Å². The van der Waals surface area contributed by atoms with E-state index in [9.17, 15) is 0 Å². The molecule has 154 valence electrons. The Morgan fingerprint density at radius 3 is 2.34 bits per heavy atom. The highest BCUT2D eigenvalue weighted by atomic mass is 35.5. The van der Waals surface area contributed by atoms with Crippen LogP contribution < -0.4 is 11.0 Å². The molecule has 7 nitrogen and oxygen atoms in total. The van der Waals surface area contributed by atoms with E-state index in [1.54, 1.807) is 0 Å². The first-order valence-corrected chi connectivity index (χ1v) is 10.3. The van der Waals surface area contributed by atoms with Crippen LogP contribution in [0.5, 0.6) is 0 Å². The molecule has 4 rings (SSSR count). The van der Waals surface area contributed by atoms with E-state index in [-0.39, 0.29) is 6.04 Å². The molecule has 29 heavy (non-hydrogen) atoms. The van der Waals surface area contributed by atoms with Gasteiger partial charge >= 0.3 is 0 Å². The van der Waals surface area contributed by atoms with Crippen LogP contribution in [0.3, 0.4) is 0 Å². The summed E-state index contributed by atoms with van der Waals surface area (Å²) < 4.78 is 0. The summed E-state index contributed by atoms with van der Waals surface area (Å²) >= 11 is 6.12. The largest absolute Gasteiger partial charge is 0.298 e. The molecule has 0 aromatic heterocycles. The van der Waals surface area contributed by atoms with Crippen LogP contribution in [-0.2, 0) is 4.84 Å². The molecular formula is C21H27ClN6O. The second-order valence-corrected chi connectivity index (χ2v) is 7.72. The maximum absolute atomic E-state index is 6.12. The van der Waals surface area contributed by atoms with Gasteiger partial charge in [0.25, 0.3) is 0 Å². The second-order valence-electron chi connectivity index (χ2n) is 7.28. The average Bonchev–Trinajstić information content (AvgIpc) is 3.17. The Kier molecular flexibility index (Phi) is 6.63. The van der Waals surface area contributed by atoms with Gasteiger partial charge in [0.2, 0.25) is 0 Å². The van der Waals surface area contributed by atoms with Crippen LogP contribution in [0.1, 0.15) is 24.1 Å². The van der Waals surface area contributed by atoms with E-state index >= 15 is 0 Å². The van der Waals surface area contributed by atoms with Crippen LogP contribution in [0.2, 0.25) is 5.02 Å². The average molecular weight is 415 g/mol. The van der Waals surface area contributed by atoms with E-state index in [0.717, 1.165) is 43.6 Å². The Morgan fingerprint density at radius 1 is 1.00 bits per heavy atom. The third-order valence-electron chi connectivity index (χ3n) is 5.27. The molecule has 0 bridgehead atoms. The second kappa shape index (κ2) is 9.56. The van der Waals surface area contributed by atoms with Gasteiger partial charge in [-0.05, 0) is 30.2 Å². The van der Waals surface area contributed by atoms with Crippen LogP contribution in [0.4, 0.5) is 0 Å². The van der Waals surface area contributed by atoms with Gasteiger partial charge in [-0.25, -0.2) is 0 Å². The molecule has 1 saturated heterocycles. The summed E-state index contributed by atoms with van der Waals surface area (Å²) in [5, 5.41) is 6.22. The zero-order valence-corrected chi connectivity index (χ0v) is 17.3. The molecule has 0 radical (unpaired) electrons. The summed E-state index contributed by atoms with van der Waals surface area (Å²) in [4.78, 5) is 10.6. The molecule has 0 amide bonds. The zero-order chi connectivity index (χ0) is 20.1. The molecule has 8 heteroatoms. The Bertz CT molecular complexity index is 808. The summed E-state index contributed by atoms with van der Waals surface area (Å²) in [6.07, 6.45) is 0. The number of hydrogen-bond acceptors (Lipinski definition) is 7. The van der Waals surface area contributed by atoms with Crippen molar-refractivity contribution in [3.8, 4) is 0 Å². The van der Waals surface area contributed by atoms with Crippen LogP contribution in [0.25, 0.3) is 0 Å². The van der Waals surface area contributed by atoms with E-state index < -0.39 is 0 Å². The van der Waals surface area contributed by atoms with Crippen molar-refractivity contribution < 1.29 is 4.84 Å². The van der Waals surface area contributed by atoms with Gasteiger partial charge in [0.15, 0.2) is 0 Å². The number of benzene rings is 2. The topological polar surface area (TPSA) is 55.4 Å². The van der Waals surface area contributed by atoms with Crippen molar-refractivity contribution in [1.82, 2.24) is 26.0 Å². The molecule has 2 aromatic rings. The van der Waals surface area contributed by atoms with E-state index in [1.165, 1.54) is 16.4 Å². The molecule has 2 aliphatic heterocycles. The number of nitrogens with one attached hydrogen (secondary N) is 2. The predicted molar refractivity (Wildman–Crippen MR) is 115 cm³/mol. The van der Waals surface area contributed by atoms with E-state index in [1.807, 2.05) is 19.1 Å². The smallest absolute Gasteiger partial charge is 0.138 e. The van der Waals surface area contributed by atoms with Gasteiger partial charge in [-0.15, -0.1) is 5.10 Å². The van der Waals surface area contributed by atoms with Crippen LogP contribution in [0, 0.1) is 0 Å². The SMILES string of the molecule is CC1=NNN(OCCN2CCN(C(c3ccccc3)c3ccc(Cl)cc3)CC2)N1. The fourth-order valence-electron chi connectivity index (χ4n) is 3.78. The van der Waals surface area contributed by atoms with Gasteiger partial charge in [-0.3, -0.25) is 20.1 Å². The molecular weight excluding hydrogens is 388 g/mol. The Balaban J connectivity index is 1.34. The molecule has 1 unspecified atom stereocenters. The molecule has 2 N–H and O–H groups in total. The van der Waals surface area contributed by atoms with Crippen molar-refractivity contribution in [2.24, 2.45) is 5.10 Å². The molecule has 2 heterocycles. The third kappa shape index (κ3) is 5.26. The number of halogens is 1. The molecule has 1 atom stereocenters. The lowest BCUT2D eigenvalue weighted by atomic mass is 9.96. The van der Waals surface area contributed by atoms with Gasteiger partial charge in [0.1, 0.15) is 5.84 Å². The summed E-state index contributed by atoms with van der Waals surface area (Å²) in [5.74, 6) is 0.785. The number of hydrazone groups is 1. The molecule has 0 saturated carbocycles. The van der Waals surface area contributed by atoms with Gasteiger partial charge in [0, 0.05) is 43.0 Å². The van der Waals surface area contributed by atoms with Gasteiger partial charge in [-0.2, -0.15) is 5.53 Å². The van der Waals surface area contributed by atoms with Crippen molar-refractivity contribution in [3.05, 3.63) is 70.7 Å². The molecule has 0 aliphatic carbocycles. The lowest BCUT2D eigenvalue weighted by molar-refractivity contribution is -0.212. The summed E-state index contributed by atoms with van der Waals surface area (Å²) in [6.45, 7) is 7.38. The maximum Gasteiger partial charge on any atom is 0.138 e. The van der Waals surface area contributed by atoms with Crippen LogP contribution in [-0.4, -0.2) is 60.2 Å². The number of amidine groups is 1.